The molecule has 1 heterocycles. The van der Waals surface area contributed by atoms with Crippen LogP contribution in [0.3, 0.4) is 0 Å². The number of benzene rings is 1. The van der Waals surface area contributed by atoms with E-state index in [2.05, 4.69) is 57.2 Å². The molecule has 0 bridgehead atoms. The van der Waals surface area contributed by atoms with E-state index in [4.69, 9.17) is 0 Å². The molecule has 0 aliphatic heterocycles. The molecule has 1 aromatic carbocycles. The van der Waals surface area contributed by atoms with Gasteiger partial charge in [-0.05, 0) is 50.4 Å². The third-order valence-corrected chi connectivity index (χ3v) is 3.95. The Labute approximate surface area is 110 Å². The number of rotatable bonds is 4. The normalized spacial score (nSPS) is 13.2. The molecule has 1 aromatic heterocycles. The highest BCUT2D eigenvalue weighted by atomic mass is 14.9. The fraction of sp³-hybridized carbons (Fsp3) is 0.500. The van der Waals surface area contributed by atoms with E-state index < -0.39 is 0 Å². The number of fused-ring (bicyclic) bond motifs is 1. The van der Waals surface area contributed by atoms with Gasteiger partial charge in [-0.3, -0.25) is 0 Å². The van der Waals surface area contributed by atoms with E-state index in [1.165, 1.54) is 33.3 Å². The van der Waals surface area contributed by atoms with Crippen LogP contribution in [0.1, 0.15) is 48.7 Å². The van der Waals surface area contributed by atoms with Crippen LogP contribution < -0.4 is 5.32 Å². The Morgan fingerprint density at radius 2 is 1.83 bits per heavy atom. The Kier molecular flexibility index (Phi) is 3.76. The molecule has 98 valence electrons. The second kappa shape index (κ2) is 5.15. The minimum atomic E-state index is 0.439. The van der Waals surface area contributed by atoms with E-state index in [1.54, 1.807) is 0 Å². The summed E-state index contributed by atoms with van der Waals surface area (Å²) in [7, 11) is 2.05. The van der Waals surface area contributed by atoms with Crippen LogP contribution in [0, 0.1) is 13.8 Å². The van der Waals surface area contributed by atoms with Crippen molar-refractivity contribution in [3.63, 3.8) is 0 Å². The Balaban J connectivity index is 2.80. The van der Waals surface area contributed by atoms with Crippen molar-refractivity contribution in [3.05, 3.63) is 34.5 Å². The number of nitrogens with one attached hydrogen (secondary N) is 2. The maximum absolute atomic E-state index is 3.63. The van der Waals surface area contributed by atoms with Crippen LogP contribution in [0.15, 0.2) is 12.1 Å². The maximum Gasteiger partial charge on any atom is 0.0491 e. The second-order valence-corrected chi connectivity index (χ2v) is 5.07. The highest BCUT2D eigenvalue weighted by Crippen LogP contribution is 2.33. The van der Waals surface area contributed by atoms with Crippen molar-refractivity contribution in [3.8, 4) is 0 Å². The second-order valence-electron chi connectivity index (χ2n) is 5.07. The van der Waals surface area contributed by atoms with E-state index >= 15 is 0 Å². The lowest BCUT2D eigenvalue weighted by Crippen LogP contribution is -2.16. The summed E-state index contributed by atoms with van der Waals surface area (Å²) >= 11 is 0. The smallest absolute Gasteiger partial charge is 0.0491 e. The molecule has 2 N–H and O–H groups in total. The standard InChI is InChI=1S/C16H24N2/c1-6-12(17-5)15-13(7-2)18-16-11(4)9-8-10(3)14(15)16/h8-9,12,17-18H,6-7H2,1-5H3. The summed E-state index contributed by atoms with van der Waals surface area (Å²) < 4.78 is 0. The summed E-state index contributed by atoms with van der Waals surface area (Å²) in [5.74, 6) is 0. The Bertz CT molecular complexity index is 548. The molecule has 18 heavy (non-hydrogen) atoms. The van der Waals surface area contributed by atoms with Gasteiger partial charge < -0.3 is 10.3 Å². The quantitative estimate of drug-likeness (QED) is 0.835. The molecule has 0 saturated heterocycles. The summed E-state index contributed by atoms with van der Waals surface area (Å²) in [6.07, 6.45) is 2.17. The third-order valence-electron chi connectivity index (χ3n) is 3.95. The molecule has 0 aliphatic carbocycles. The molecular weight excluding hydrogens is 220 g/mol. The van der Waals surface area contributed by atoms with Gasteiger partial charge in [-0.1, -0.05) is 26.0 Å². The summed E-state index contributed by atoms with van der Waals surface area (Å²) in [6.45, 7) is 8.86. The zero-order valence-electron chi connectivity index (χ0n) is 12.1. The Morgan fingerprint density at radius 3 is 2.39 bits per heavy atom. The van der Waals surface area contributed by atoms with Crippen LogP contribution in [0.5, 0.6) is 0 Å². The number of aromatic nitrogens is 1. The Hall–Kier alpha value is -1.28. The fourth-order valence-electron chi connectivity index (χ4n) is 2.90. The molecule has 0 aliphatic rings. The lowest BCUT2D eigenvalue weighted by molar-refractivity contribution is 0.575. The molecule has 2 heteroatoms. The first-order chi connectivity index (χ1) is 8.63. The van der Waals surface area contributed by atoms with E-state index in [1.807, 2.05) is 0 Å². The summed E-state index contributed by atoms with van der Waals surface area (Å²) in [5, 5.41) is 4.87. The van der Waals surface area contributed by atoms with Gasteiger partial charge in [0, 0.05) is 22.6 Å². The van der Waals surface area contributed by atoms with Gasteiger partial charge in [-0.25, -0.2) is 0 Å². The van der Waals surface area contributed by atoms with E-state index in [9.17, 15) is 0 Å². The van der Waals surface area contributed by atoms with Gasteiger partial charge in [0.15, 0.2) is 0 Å². The first-order valence-electron chi connectivity index (χ1n) is 6.91. The van der Waals surface area contributed by atoms with E-state index in [-0.39, 0.29) is 0 Å². The fourth-order valence-corrected chi connectivity index (χ4v) is 2.90. The minimum Gasteiger partial charge on any atom is -0.358 e. The lowest BCUT2D eigenvalue weighted by Gasteiger charge is -2.16. The molecule has 2 nitrogen and oxygen atoms in total. The third kappa shape index (κ3) is 1.95. The van der Waals surface area contributed by atoms with Crippen molar-refractivity contribution in [1.82, 2.24) is 10.3 Å². The van der Waals surface area contributed by atoms with Crippen LogP contribution in [0.25, 0.3) is 10.9 Å². The molecular formula is C16H24N2. The summed E-state index contributed by atoms with van der Waals surface area (Å²) in [5.41, 5.74) is 6.87. The average Bonchev–Trinajstić information content (AvgIpc) is 2.76. The first kappa shape index (κ1) is 13.2. The van der Waals surface area contributed by atoms with Crippen molar-refractivity contribution in [2.24, 2.45) is 0 Å². The predicted octanol–water partition coefficient (Wildman–Crippen LogP) is 4.02. The number of hydrogen-bond acceptors (Lipinski definition) is 1. The van der Waals surface area contributed by atoms with Crippen LogP contribution in [0.2, 0.25) is 0 Å². The number of aryl methyl sites for hydroxylation is 3. The molecule has 1 atom stereocenters. The van der Waals surface area contributed by atoms with Crippen LogP contribution in [0.4, 0.5) is 0 Å². The molecule has 0 radical (unpaired) electrons. The van der Waals surface area contributed by atoms with Crippen molar-refractivity contribution < 1.29 is 0 Å². The van der Waals surface area contributed by atoms with Gasteiger partial charge in [0.1, 0.15) is 0 Å². The highest BCUT2D eigenvalue weighted by Gasteiger charge is 2.19. The number of H-pyrrole nitrogens is 1. The van der Waals surface area contributed by atoms with E-state index in [0.29, 0.717) is 6.04 Å². The monoisotopic (exact) mass is 244 g/mol. The van der Waals surface area contributed by atoms with Gasteiger partial charge in [-0.2, -0.15) is 0 Å². The lowest BCUT2D eigenvalue weighted by atomic mass is 9.96. The van der Waals surface area contributed by atoms with Crippen molar-refractivity contribution in [2.45, 2.75) is 46.6 Å². The zero-order valence-corrected chi connectivity index (χ0v) is 12.1. The maximum atomic E-state index is 3.63. The average molecular weight is 244 g/mol. The molecule has 2 rings (SSSR count). The SMILES string of the molecule is CCc1[nH]c2c(C)ccc(C)c2c1C(CC)NC. The summed E-state index contributed by atoms with van der Waals surface area (Å²) in [4.78, 5) is 3.63. The largest absolute Gasteiger partial charge is 0.358 e. The van der Waals surface area contributed by atoms with Gasteiger partial charge in [0.2, 0.25) is 0 Å². The van der Waals surface area contributed by atoms with Crippen molar-refractivity contribution in [2.75, 3.05) is 7.05 Å². The molecule has 0 saturated carbocycles. The molecule has 2 aromatic rings. The van der Waals surface area contributed by atoms with Crippen molar-refractivity contribution >= 4 is 10.9 Å². The predicted molar refractivity (Wildman–Crippen MR) is 79.2 cm³/mol. The minimum absolute atomic E-state index is 0.439. The number of hydrogen-bond donors (Lipinski definition) is 2. The van der Waals surface area contributed by atoms with E-state index in [0.717, 1.165) is 12.8 Å². The van der Waals surface area contributed by atoms with Gasteiger partial charge in [0.25, 0.3) is 0 Å². The van der Waals surface area contributed by atoms with Gasteiger partial charge >= 0.3 is 0 Å². The molecule has 0 spiro atoms. The Morgan fingerprint density at radius 1 is 1.17 bits per heavy atom. The molecule has 0 fully saturated rings. The molecule has 0 amide bonds. The number of aromatic amines is 1. The van der Waals surface area contributed by atoms with Gasteiger partial charge in [-0.15, -0.1) is 0 Å². The topological polar surface area (TPSA) is 27.8 Å². The first-order valence-corrected chi connectivity index (χ1v) is 6.91. The highest BCUT2D eigenvalue weighted by molar-refractivity contribution is 5.90. The zero-order chi connectivity index (χ0) is 13.3. The van der Waals surface area contributed by atoms with Crippen molar-refractivity contribution in [1.29, 1.82) is 0 Å². The van der Waals surface area contributed by atoms with Gasteiger partial charge in [0.05, 0.1) is 0 Å². The molecule has 1 unspecified atom stereocenters. The van der Waals surface area contributed by atoms with Crippen LogP contribution in [-0.2, 0) is 6.42 Å². The summed E-state index contributed by atoms with van der Waals surface area (Å²) in [6, 6.07) is 4.88. The van der Waals surface area contributed by atoms with Crippen LogP contribution in [-0.4, -0.2) is 12.0 Å². The van der Waals surface area contributed by atoms with Crippen LogP contribution >= 0.6 is 0 Å².